The maximum absolute atomic E-state index is 12.5. The van der Waals surface area contributed by atoms with Gasteiger partial charge in [0.2, 0.25) is 5.91 Å². The Labute approximate surface area is 149 Å². The van der Waals surface area contributed by atoms with Crippen LogP contribution in [0.4, 0.5) is 5.82 Å². The molecule has 0 radical (unpaired) electrons. The van der Waals surface area contributed by atoms with Gasteiger partial charge in [0.05, 0.1) is 24.6 Å². The molecule has 1 aromatic heterocycles. The maximum atomic E-state index is 12.5. The summed E-state index contributed by atoms with van der Waals surface area (Å²) in [5.74, 6) is 0.0768. The van der Waals surface area contributed by atoms with Crippen molar-refractivity contribution in [3.63, 3.8) is 0 Å². The van der Waals surface area contributed by atoms with Gasteiger partial charge in [-0.15, -0.1) is 0 Å². The zero-order chi connectivity index (χ0) is 18.9. The quantitative estimate of drug-likeness (QED) is 0.661. The minimum atomic E-state index is -0.250. The van der Waals surface area contributed by atoms with Crippen molar-refractivity contribution >= 4 is 24.1 Å². The van der Waals surface area contributed by atoms with Crippen molar-refractivity contribution in [2.24, 2.45) is 0 Å². The summed E-state index contributed by atoms with van der Waals surface area (Å²) in [4.78, 5) is 42.2. The Kier molecular flexibility index (Phi) is 6.60. The van der Waals surface area contributed by atoms with Crippen LogP contribution in [0.15, 0.2) is 36.7 Å². The number of nitrogens with zero attached hydrogens (tertiary/aromatic N) is 3. The molecule has 0 saturated carbocycles. The molecule has 0 spiro atoms. The van der Waals surface area contributed by atoms with Crippen LogP contribution < -0.4 is 11.1 Å². The maximum Gasteiger partial charge on any atom is 0.290 e. The highest BCUT2D eigenvalue weighted by Gasteiger charge is 2.20. The first kappa shape index (κ1) is 18.8. The third-order valence-electron chi connectivity index (χ3n) is 3.63. The van der Waals surface area contributed by atoms with Crippen LogP contribution >= 0.6 is 0 Å². The van der Waals surface area contributed by atoms with Crippen LogP contribution in [-0.2, 0) is 9.59 Å². The molecule has 1 fully saturated rings. The van der Waals surface area contributed by atoms with E-state index < -0.39 is 0 Å². The molecule has 3 rings (SSSR count). The minimum absolute atomic E-state index is 0.0985. The van der Waals surface area contributed by atoms with Gasteiger partial charge in [-0.25, -0.2) is 4.98 Å². The van der Waals surface area contributed by atoms with Crippen LogP contribution in [0.1, 0.15) is 16.8 Å². The number of carbonyl (C=O) groups is 3. The number of nitrogen functional groups attached to an aromatic ring is 1. The summed E-state index contributed by atoms with van der Waals surface area (Å²) in [6.45, 7) is 1.02. The molecule has 1 aliphatic heterocycles. The number of hydrogen-bond acceptors (Lipinski definition) is 6. The van der Waals surface area contributed by atoms with E-state index in [1.807, 2.05) is 0 Å². The number of amides is 2. The highest BCUT2D eigenvalue weighted by molar-refractivity contribution is 5.97. The van der Waals surface area contributed by atoms with Gasteiger partial charge < -0.3 is 21.1 Å². The molecule has 1 saturated heterocycles. The number of nitrogens with two attached hydrogens (primary N) is 1. The highest BCUT2D eigenvalue weighted by atomic mass is 16.3. The lowest BCUT2D eigenvalue weighted by Gasteiger charge is -2.19. The number of anilines is 1. The van der Waals surface area contributed by atoms with E-state index in [9.17, 15) is 9.59 Å². The molecular formula is C17H19N5O4. The molecule has 9 heteroatoms. The molecule has 0 atom stereocenters. The molecule has 1 aliphatic rings. The number of hydrogen-bond donors (Lipinski definition) is 3. The zero-order valence-electron chi connectivity index (χ0n) is 14.0. The van der Waals surface area contributed by atoms with Crippen LogP contribution in [0.5, 0.6) is 0 Å². The van der Waals surface area contributed by atoms with Crippen molar-refractivity contribution in [1.82, 2.24) is 20.2 Å². The Morgan fingerprint density at radius 3 is 2.62 bits per heavy atom. The first-order valence-corrected chi connectivity index (χ1v) is 7.87. The SMILES string of the molecule is Nc1cncc(-c2ccc(C(=O)N3CCCNC(=O)C3)cc2)n1.O=CO. The average Bonchev–Trinajstić information content (AvgIpc) is 2.86. The van der Waals surface area contributed by atoms with Gasteiger partial charge in [0.1, 0.15) is 5.82 Å². The van der Waals surface area contributed by atoms with E-state index in [2.05, 4.69) is 15.3 Å². The van der Waals surface area contributed by atoms with E-state index in [0.29, 0.717) is 30.2 Å². The molecular weight excluding hydrogens is 338 g/mol. The predicted molar refractivity (Wildman–Crippen MR) is 94.1 cm³/mol. The number of carboxylic acid groups (broad SMARTS) is 1. The molecule has 1 aromatic carbocycles. The largest absolute Gasteiger partial charge is 0.483 e. The second-order valence-corrected chi connectivity index (χ2v) is 5.44. The summed E-state index contributed by atoms with van der Waals surface area (Å²) in [7, 11) is 0. The number of nitrogens with one attached hydrogen (secondary N) is 1. The van der Waals surface area contributed by atoms with E-state index in [4.69, 9.17) is 15.6 Å². The average molecular weight is 357 g/mol. The van der Waals surface area contributed by atoms with Crippen molar-refractivity contribution in [3.8, 4) is 11.3 Å². The van der Waals surface area contributed by atoms with Gasteiger partial charge in [0, 0.05) is 24.2 Å². The first-order chi connectivity index (χ1) is 12.5. The third kappa shape index (κ3) is 5.00. The smallest absolute Gasteiger partial charge is 0.290 e. The lowest BCUT2D eigenvalue weighted by molar-refractivity contribution is -0.123. The summed E-state index contributed by atoms with van der Waals surface area (Å²) in [5.41, 5.74) is 7.65. The second-order valence-electron chi connectivity index (χ2n) is 5.44. The first-order valence-electron chi connectivity index (χ1n) is 7.87. The number of rotatable bonds is 2. The van der Waals surface area contributed by atoms with Crippen molar-refractivity contribution in [3.05, 3.63) is 42.2 Å². The normalized spacial score (nSPS) is 13.7. The minimum Gasteiger partial charge on any atom is -0.483 e. The Morgan fingerprint density at radius 1 is 1.27 bits per heavy atom. The zero-order valence-corrected chi connectivity index (χ0v) is 14.0. The van der Waals surface area contributed by atoms with Gasteiger partial charge in [-0.2, -0.15) is 0 Å². The topological polar surface area (TPSA) is 139 Å². The molecule has 2 amide bonds. The van der Waals surface area contributed by atoms with Crippen molar-refractivity contribution in [2.75, 3.05) is 25.4 Å². The molecule has 2 heterocycles. The lowest BCUT2D eigenvalue weighted by atomic mass is 10.1. The van der Waals surface area contributed by atoms with E-state index in [-0.39, 0.29) is 24.8 Å². The molecule has 2 aromatic rings. The lowest BCUT2D eigenvalue weighted by Crippen LogP contribution is -2.37. The highest BCUT2D eigenvalue weighted by Crippen LogP contribution is 2.18. The second kappa shape index (κ2) is 9.11. The molecule has 0 unspecified atom stereocenters. The predicted octanol–water partition coefficient (Wildman–Crippen LogP) is 0.389. The van der Waals surface area contributed by atoms with Crippen LogP contribution in [0, 0.1) is 0 Å². The van der Waals surface area contributed by atoms with E-state index in [1.165, 1.54) is 6.20 Å². The van der Waals surface area contributed by atoms with Gasteiger partial charge >= 0.3 is 0 Å². The molecule has 4 N–H and O–H groups in total. The summed E-state index contributed by atoms with van der Waals surface area (Å²) in [5, 5.41) is 9.65. The van der Waals surface area contributed by atoms with Gasteiger partial charge in [-0.05, 0) is 18.6 Å². The van der Waals surface area contributed by atoms with Crippen molar-refractivity contribution in [1.29, 1.82) is 0 Å². The number of aromatic nitrogens is 2. The third-order valence-corrected chi connectivity index (χ3v) is 3.63. The number of benzene rings is 1. The van der Waals surface area contributed by atoms with E-state index in [1.54, 1.807) is 35.4 Å². The Morgan fingerprint density at radius 2 is 1.96 bits per heavy atom. The molecule has 9 nitrogen and oxygen atoms in total. The van der Waals surface area contributed by atoms with Gasteiger partial charge in [0.25, 0.3) is 12.4 Å². The Balaban J connectivity index is 0.000000758. The fraction of sp³-hybridized carbons (Fsp3) is 0.235. The van der Waals surface area contributed by atoms with Crippen LogP contribution in [0.25, 0.3) is 11.3 Å². The van der Waals surface area contributed by atoms with E-state index >= 15 is 0 Å². The Bertz CT molecular complexity index is 779. The molecule has 26 heavy (non-hydrogen) atoms. The Hall–Kier alpha value is -3.49. The van der Waals surface area contributed by atoms with Crippen LogP contribution in [0.2, 0.25) is 0 Å². The fourth-order valence-electron chi connectivity index (χ4n) is 2.47. The van der Waals surface area contributed by atoms with Gasteiger partial charge in [0.15, 0.2) is 0 Å². The molecule has 136 valence electrons. The summed E-state index contributed by atoms with van der Waals surface area (Å²) < 4.78 is 0. The molecule has 0 bridgehead atoms. The van der Waals surface area contributed by atoms with Gasteiger partial charge in [-0.3, -0.25) is 19.4 Å². The van der Waals surface area contributed by atoms with Crippen molar-refractivity contribution < 1.29 is 19.5 Å². The standard InChI is InChI=1S/C16H17N5O2.CH2O2/c17-14-9-18-8-13(20-14)11-2-4-12(5-3-11)16(23)21-7-1-6-19-15(22)10-21;2-1-3/h2-5,8-9H,1,6-7,10H2,(H2,17,20)(H,19,22);1H,(H,2,3). The summed E-state index contributed by atoms with van der Waals surface area (Å²) >= 11 is 0. The van der Waals surface area contributed by atoms with Crippen LogP contribution in [0.3, 0.4) is 0 Å². The van der Waals surface area contributed by atoms with Gasteiger partial charge in [-0.1, -0.05) is 12.1 Å². The van der Waals surface area contributed by atoms with Crippen LogP contribution in [-0.4, -0.2) is 57.9 Å². The summed E-state index contributed by atoms with van der Waals surface area (Å²) in [6.07, 6.45) is 3.85. The van der Waals surface area contributed by atoms with Crippen molar-refractivity contribution in [2.45, 2.75) is 6.42 Å². The monoisotopic (exact) mass is 357 g/mol. The fourth-order valence-corrected chi connectivity index (χ4v) is 2.47. The molecule has 0 aliphatic carbocycles. The summed E-state index contributed by atoms with van der Waals surface area (Å²) in [6, 6.07) is 7.06. The van der Waals surface area contributed by atoms with E-state index in [0.717, 1.165) is 12.0 Å². The number of carbonyl (C=O) groups excluding carboxylic acids is 2.